The lowest BCUT2D eigenvalue weighted by atomic mass is 9.95. The Labute approximate surface area is 127 Å². The molecule has 0 aromatic carbocycles. The molecule has 2 heterocycles. The molecule has 3 rings (SSSR count). The number of anilines is 1. The first-order chi connectivity index (χ1) is 10.6. The van der Waals surface area contributed by atoms with E-state index in [-0.39, 0.29) is 22.5 Å². The highest BCUT2D eigenvalue weighted by Crippen LogP contribution is 2.31. The van der Waals surface area contributed by atoms with Gasteiger partial charge in [-0.1, -0.05) is 19.3 Å². The Morgan fingerprint density at radius 3 is 2.68 bits per heavy atom. The summed E-state index contributed by atoms with van der Waals surface area (Å²) in [4.78, 5) is 3.89. The zero-order valence-corrected chi connectivity index (χ0v) is 12.7. The van der Waals surface area contributed by atoms with Crippen LogP contribution < -0.4 is 10.5 Å². The zero-order chi connectivity index (χ0) is 15.6. The SMILES string of the molecule is NS(=O)(=O)c1nccc(NC2CCCCC2)c1-c1nn[nH]n1. The molecule has 22 heavy (non-hydrogen) atoms. The van der Waals surface area contributed by atoms with Gasteiger partial charge in [-0.05, 0) is 24.1 Å². The fourth-order valence-electron chi connectivity index (χ4n) is 2.73. The Hall–Kier alpha value is -2.07. The van der Waals surface area contributed by atoms with Gasteiger partial charge in [0.2, 0.25) is 5.82 Å². The van der Waals surface area contributed by atoms with Crippen molar-refractivity contribution in [2.75, 3.05) is 5.32 Å². The van der Waals surface area contributed by atoms with Crippen molar-refractivity contribution in [1.29, 1.82) is 0 Å². The quantitative estimate of drug-likeness (QED) is 0.750. The van der Waals surface area contributed by atoms with Crippen LogP contribution in [0.2, 0.25) is 0 Å². The van der Waals surface area contributed by atoms with Crippen LogP contribution in [0, 0.1) is 0 Å². The van der Waals surface area contributed by atoms with Crippen molar-refractivity contribution in [1.82, 2.24) is 25.6 Å². The number of tetrazole rings is 1. The molecular formula is C12H17N7O2S. The largest absolute Gasteiger partial charge is 0.382 e. The lowest BCUT2D eigenvalue weighted by Gasteiger charge is -2.25. The van der Waals surface area contributed by atoms with Crippen molar-refractivity contribution in [3.8, 4) is 11.4 Å². The maximum atomic E-state index is 11.8. The lowest BCUT2D eigenvalue weighted by molar-refractivity contribution is 0.462. The third-order valence-corrected chi connectivity index (χ3v) is 4.57. The van der Waals surface area contributed by atoms with Gasteiger partial charge < -0.3 is 5.32 Å². The third-order valence-electron chi connectivity index (χ3n) is 3.72. The van der Waals surface area contributed by atoms with Crippen LogP contribution in [-0.2, 0) is 10.0 Å². The molecule has 0 bridgehead atoms. The van der Waals surface area contributed by atoms with Gasteiger partial charge in [-0.3, -0.25) is 0 Å². The number of nitrogens with one attached hydrogen (secondary N) is 2. The summed E-state index contributed by atoms with van der Waals surface area (Å²) >= 11 is 0. The maximum Gasteiger partial charge on any atom is 0.256 e. The molecule has 2 aromatic heterocycles. The predicted molar refractivity (Wildman–Crippen MR) is 79.3 cm³/mol. The number of primary sulfonamides is 1. The number of rotatable bonds is 4. The second-order valence-corrected chi connectivity index (χ2v) is 6.78. The van der Waals surface area contributed by atoms with Gasteiger partial charge in [0.25, 0.3) is 10.0 Å². The summed E-state index contributed by atoms with van der Waals surface area (Å²) in [6, 6.07) is 1.99. The van der Waals surface area contributed by atoms with E-state index in [0.717, 1.165) is 25.7 Å². The molecule has 0 atom stereocenters. The van der Waals surface area contributed by atoms with Gasteiger partial charge in [0.1, 0.15) is 0 Å². The van der Waals surface area contributed by atoms with Crippen molar-refractivity contribution in [2.24, 2.45) is 5.14 Å². The van der Waals surface area contributed by atoms with Gasteiger partial charge in [0.15, 0.2) is 5.03 Å². The van der Waals surface area contributed by atoms with Crippen LogP contribution in [0.4, 0.5) is 5.69 Å². The highest BCUT2D eigenvalue weighted by molar-refractivity contribution is 7.89. The molecule has 0 aliphatic heterocycles. The Kier molecular flexibility index (Phi) is 4.03. The predicted octanol–water partition coefficient (Wildman–Crippen LogP) is 0.654. The summed E-state index contributed by atoms with van der Waals surface area (Å²) in [5.74, 6) is 0.149. The molecular weight excluding hydrogens is 306 g/mol. The molecule has 10 heteroatoms. The standard InChI is InChI=1S/C12H17N7O2S/c13-22(20,21)12-10(11-16-18-19-17-11)9(6-7-14-12)15-8-4-2-1-3-5-8/h6-8H,1-5H2,(H,14,15)(H2,13,20,21)(H,16,17,18,19). The van der Waals surface area contributed by atoms with Crippen LogP contribution in [0.15, 0.2) is 17.3 Å². The van der Waals surface area contributed by atoms with Crippen LogP contribution in [-0.4, -0.2) is 40.1 Å². The molecule has 1 fully saturated rings. The molecule has 0 radical (unpaired) electrons. The summed E-state index contributed by atoms with van der Waals surface area (Å²) in [7, 11) is -4.00. The lowest BCUT2D eigenvalue weighted by Crippen LogP contribution is -2.24. The van der Waals surface area contributed by atoms with E-state index >= 15 is 0 Å². The molecule has 0 saturated heterocycles. The van der Waals surface area contributed by atoms with Crippen molar-refractivity contribution in [2.45, 2.75) is 43.2 Å². The highest BCUT2D eigenvalue weighted by Gasteiger charge is 2.25. The minimum Gasteiger partial charge on any atom is -0.382 e. The van der Waals surface area contributed by atoms with Crippen LogP contribution in [0.1, 0.15) is 32.1 Å². The van der Waals surface area contributed by atoms with Crippen molar-refractivity contribution in [3.05, 3.63) is 12.3 Å². The van der Waals surface area contributed by atoms with Gasteiger partial charge in [0, 0.05) is 12.2 Å². The molecule has 0 unspecified atom stereocenters. The van der Waals surface area contributed by atoms with E-state index in [2.05, 4.69) is 30.9 Å². The van der Waals surface area contributed by atoms with Crippen molar-refractivity contribution >= 4 is 15.7 Å². The molecule has 9 nitrogen and oxygen atoms in total. The summed E-state index contributed by atoms with van der Waals surface area (Å²) in [6.07, 6.45) is 7.03. The normalized spacial score (nSPS) is 16.6. The van der Waals surface area contributed by atoms with E-state index in [1.165, 1.54) is 12.6 Å². The Bertz CT molecular complexity index is 739. The van der Waals surface area contributed by atoms with Crippen LogP contribution in [0.25, 0.3) is 11.4 Å². The number of sulfonamides is 1. The summed E-state index contributed by atoms with van der Waals surface area (Å²) in [6.45, 7) is 0. The second-order valence-electron chi connectivity index (χ2n) is 5.30. The van der Waals surface area contributed by atoms with Crippen LogP contribution in [0.5, 0.6) is 0 Å². The van der Waals surface area contributed by atoms with E-state index in [4.69, 9.17) is 5.14 Å². The summed E-state index contributed by atoms with van der Waals surface area (Å²) < 4.78 is 23.6. The molecule has 1 aliphatic carbocycles. The number of nitrogens with zero attached hydrogens (tertiary/aromatic N) is 4. The van der Waals surface area contributed by atoms with Crippen molar-refractivity contribution < 1.29 is 8.42 Å². The minimum atomic E-state index is -4.00. The topological polar surface area (TPSA) is 140 Å². The van der Waals surface area contributed by atoms with Gasteiger partial charge in [0.05, 0.1) is 11.3 Å². The number of hydrogen-bond donors (Lipinski definition) is 3. The third kappa shape index (κ3) is 3.07. The summed E-state index contributed by atoms with van der Waals surface area (Å²) in [5.41, 5.74) is 0.858. The first kappa shape index (κ1) is 14.9. The second kappa shape index (κ2) is 5.97. The zero-order valence-electron chi connectivity index (χ0n) is 11.9. The average Bonchev–Trinajstić information content (AvgIpc) is 3.01. The van der Waals surface area contributed by atoms with Gasteiger partial charge in [-0.25, -0.2) is 18.5 Å². The molecule has 118 valence electrons. The highest BCUT2D eigenvalue weighted by atomic mass is 32.2. The number of nitrogens with two attached hydrogens (primary N) is 1. The molecule has 1 aliphatic rings. The van der Waals surface area contributed by atoms with E-state index in [1.807, 2.05) is 0 Å². The van der Waals surface area contributed by atoms with Gasteiger partial charge in [-0.15, -0.1) is 10.2 Å². The fraction of sp³-hybridized carbons (Fsp3) is 0.500. The Morgan fingerprint density at radius 2 is 2.05 bits per heavy atom. The van der Waals surface area contributed by atoms with E-state index in [0.29, 0.717) is 5.69 Å². The molecule has 0 spiro atoms. The first-order valence-electron chi connectivity index (χ1n) is 7.08. The number of hydrogen-bond acceptors (Lipinski definition) is 7. The van der Waals surface area contributed by atoms with Crippen molar-refractivity contribution in [3.63, 3.8) is 0 Å². The number of aromatic amines is 1. The number of aromatic nitrogens is 5. The van der Waals surface area contributed by atoms with Gasteiger partial charge in [-0.2, -0.15) is 5.21 Å². The van der Waals surface area contributed by atoms with E-state index < -0.39 is 10.0 Å². The molecule has 1 saturated carbocycles. The molecule has 4 N–H and O–H groups in total. The monoisotopic (exact) mass is 323 g/mol. The fourth-order valence-corrected chi connectivity index (χ4v) is 3.42. The van der Waals surface area contributed by atoms with Crippen LogP contribution in [0.3, 0.4) is 0 Å². The van der Waals surface area contributed by atoms with Gasteiger partial charge >= 0.3 is 0 Å². The first-order valence-corrected chi connectivity index (χ1v) is 8.62. The average molecular weight is 323 g/mol. The Balaban J connectivity index is 2.05. The number of pyridine rings is 1. The van der Waals surface area contributed by atoms with Crippen LogP contribution >= 0.6 is 0 Å². The smallest absolute Gasteiger partial charge is 0.256 e. The number of H-pyrrole nitrogens is 1. The van der Waals surface area contributed by atoms with E-state index in [1.54, 1.807) is 6.07 Å². The van der Waals surface area contributed by atoms with E-state index in [9.17, 15) is 8.42 Å². The maximum absolute atomic E-state index is 11.8. The summed E-state index contributed by atoms with van der Waals surface area (Å²) in [5, 5.41) is 21.9. The molecule has 0 amide bonds. The Morgan fingerprint density at radius 1 is 1.27 bits per heavy atom. The molecule has 2 aromatic rings. The minimum absolute atomic E-state index is 0.149.